The summed E-state index contributed by atoms with van der Waals surface area (Å²) in [7, 11) is 0. The van der Waals surface area contributed by atoms with Crippen LogP contribution in [0, 0.1) is 13.8 Å². The molecule has 0 saturated heterocycles. The van der Waals surface area contributed by atoms with Crippen molar-refractivity contribution in [1.29, 1.82) is 0 Å². The lowest BCUT2D eigenvalue weighted by atomic mass is 9.95. The van der Waals surface area contributed by atoms with E-state index in [-0.39, 0.29) is 0 Å². The molecule has 18 heavy (non-hydrogen) atoms. The van der Waals surface area contributed by atoms with Gasteiger partial charge in [0.15, 0.2) is 0 Å². The fourth-order valence-electron chi connectivity index (χ4n) is 3.33. The summed E-state index contributed by atoms with van der Waals surface area (Å²) >= 11 is 0. The molecule has 3 aromatic carbocycles. The Labute approximate surface area is 107 Å². The summed E-state index contributed by atoms with van der Waals surface area (Å²) in [5.41, 5.74) is 8.36. The Hall–Kier alpha value is -2.08. The van der Waals surface area contributed by atoms with Crippen molar-refractivity contribution in [2.75, 3.05) is 0 Å². The molecule has 0 nitrogen and oxygen atoms in total. The second-order valence-corrected chi connectivity index (χ2v) is 5.16. The van der Waals surface area contributed by atoms with Crippen LogP contribution in [0.4, 0.5) is 0 Å². The van der Waals surface area contributed by atoms with Crippen LogP contribution in [0.1, 0.15) is 11.1 Å². The van der Waals surface area contributed by atoms with Crippen molar-refractivity contribution in [3.63, 3.8) is 0 Å². The van der Waals surface area contributed by atoms with Crippen LogP contribution in [-0.4, -0.2) is 0 Å². The van der Waals surface area contributed by atoms with Gasteiger partial charge in [0.2, 0.25) is 0 Å². The van der Waals surface area contributed by atoms with Crippen LogP contribution in [-0.2, 0) is 0 Å². The maximum absolute atomic E-state index is 2.31. The maximum Gasteiger partial charge on any atom is -0.00210 e. The molecule has 0 aromatic heterocycles. The van der Waals surface area contributed by atoms with Gasteiger partial charge in [-0.3, -0.25) is 0 Å². The van der Waals surface area contributed by atoms with Gasteiger partial charge in [-0.25, -0.2) is 0 Å². The topological polar surface area (TPSA) is 0 Å². The van der Waals surface area contributed by atoms with Crippen molar-refractivity contribution in [3.05, 3.63) is 59.7 Å². The molecule has 0 heteroatoms. The van der Waals surface area contributed by atoms with Crippen LogP contribution in [0.5, 0.6) is 0 Å². The van der Waals surface area contributed by atoms with E-state index in [0.29, 0.717) is 0 Å². The third-order valence-corrected chi connectivity index (χ3v) is 4.05. The molecule has 0 bridgehead atoms. The molecule has 4 rings (SSSR count). The highest BCUT2D eigenvalue weighted by atomic mass is 14.3. The summed E-state index contributed by atoms with van der Waals surface area (Å²) in [5, 5.41) is 2.83. The first-order valence-corrected chi connectivity index (χ1v) is 6.40. The van der Waals surface area contributed by atoms with Gasteiger partial charge in [-0.2, -0.15) is 0 Å². The lowest BCUT2D eigenvalue weighted by Crippen LogP contribution is -1.85. The van der Waals surface area contributed by atoms with Crippen molar-refractivity contribution in [3.8, 4) is 22.3 Å². The third kappa shape index (κ3) is 1.06. The van der Waals surface area contributed by atoms with E-state index in [2.05, 4.69) is 62.4 Å². The van der Waals surface area contributed by atoms with E-state index in [4.69, 9.17) is 0 Å². The summed E-state index contributed by atoms with van der Waals surface area (Å²) in [4.78, 5) is 0. The Morgan fingerprint density at radius 3 is 2.22 bits per heavy atom. The van der Waals surface area contributed by atoms with E-state index in [1.165, 1.54) is 44.2 Å². The molecular weight excluding hydrogens is 216 g/mol. The zero-order valence-corrected chi connectivity index (χ0v) is 10.6. The van der Waals surface area contributed by atoms with Crippen molar-refractivity contribution in [1.82, 2.24) is 0 Å². The minimum Gasteiger partial charge on any atom is -0.0616 e. The van der Waals surface area contributed by atoms with Crippen molar-refractivity contribution >= 4 is 10.8 Å². The quantitative estimate of drug-likeness (QED) is 0.394. The number of benzene rings is 3. The van der Waals surface area contributed by atoms with Crippen molar-refractivity contribution in [2.24, 2.45) is 0 Å². The Morgan fingerprint density at radius 1 is 0.667 bits per heavy atom. The fourth-order valence-corrected chi connectivity index (χ4v) is 3.33. The Morgan fingerprint density at radius 2 is 1.39 bits per heavy atom. The van der Waals surface area contributed by atoms with Gasteiger partial charge in [0, 0.05) is 0 Å². The van der Waals surface area contributed by atoms with Crippen LogP contribution in [0.3, 0.4) is 0 Å². The Kier molecular flexibility index (Phi) is 1.78. The van der Waals surface area contributed by atoms with Gasteiger partial charge in [-0.1, -0.05) is 48.5 Å². The molecule has 0 unspecified atom stereocenters. The molecule has 0 heterocycles. The number of hydrogen-bond donors (Lipinski definition) is 0. The average molecular weight is 230 g/mol. The molecule has 0 amide bonds. The van der Waals surface area contributed by atoms with E-state index >= 15 is 0 Å². The standard InChI is InChI=1S/C18H14/c1-11-10-12(2)17-15-7-4-3-6-14(15)16-9-5-8-13(11)18(16)17/h3-10H,1-2H3. The van der Waals surface area contributed by atoms with Crippen molar-refractivity contribution < 1.29 is 0 Å². The van der Waals surface area contributed by atoms with Gasteiger partial charge in [-0.05, 0) is 58.0 Å². The fraction of sp³-hybridized carbons (Fsp3) is 0.111. The molecule has 0 spiro atoms. The molecule has 0 atom stereocenters. The van der Waals surface area contributed by atoms with Gasteiger partial charge in [0.25, 0.3) is 0 Å². The molecule has 86 valence electrons. The van der Waals surface area contributed by atoms with E-state index in [0.717, 1.165) is 0 Å². The van der Waals surface area contributed by atoms with Gasteiger partial charge in [0.05, 0.1) is 0 Å². The van der Waals surface area contributed by atoms with Crippen molar-refractivity contribution in [2.45, 2.75) is 13.8 Å². The molecule has 0 saturated carbocycles. The largest absolute Gasteiger partial charge is 0.0616 e. The summed E-state index contributed by atoms with van der Waals surface area (Å²) in [5.74, 6) is 0. The normalized spacial score (nSPS) is 11.9. The van der Waals surface area contributed by atoms with Crippen LogP contribution >= 0.6 is 0 Å². The smallest absolute Gasteiger partial charge is 0.00210 e. The lowest BCUT2D eigenvalue weighted by molar-refractivity contribution is 1.43. The third-order valence-electron chi connectivity index (χ3n) is 4.05. The minimum atomic E-state index is 1.38. The van der Waals surface area contributed by atoms with Gasteiger partial charge < -0.3 is 0 Å². The molecular formula is C18H14. The monoisotopic (exact) mass is 230 g/mol. The summed E-state index contributed by atoms with van der Waals surface area (Å²) in [6, 6.07) is 17.7. The number of rotatable bonds is 0. The van der Waals surface area contributed by atoms with E-state index < -0.39 is 0 Å². The lowest BCUT2D eigenvalue weighted by Gasteiger charge is -2.09. The molecule has 1 aliphatic rings. The van der Waals surface area contributed by atoms with E-state index in [1.807, 2.05) is 0 Å². The van der Waals surface area contributed by atoms with Crippen LogP contribution in [0.15, 0.2) is 48.5 Å². The molecule has 0 fully saturated rings. The summed E-state index contributed by atoms with van der Waals surface area (Å²) in [6.07, 6.45) is 0. The van der Waals surface area contributed by atoms with Gasteiger partial charge in [-0.15, -0.1) is 0 Å². The van der Waals surface area contributed by atoms with Gasteiger partial charge in [0.1, 0.15) is 0 Å². The highest BCUT2D eigenvalue weighted by molar-refractivity contribution is 6.16. The second kappa shape index (κ2) is 3.23. The van der Waals surface area contributed by atoms with E-state index in [1.54, 1.807) is 0 Å². The Bertz CT molecular complexity index is 794. The first kappa shape index (κ1) is 9.90. The SMILES string of the molecule is Cc1cc(C)c2cccc3c2c1-c1ccccc1-3. The zero-order chi connectivity index (χ0) is 12.3. The number of fused-ring (bicyclic) bond motifs is 3. The predicted octanol–water partition coefficient (Wildman–Crippen LogP) is 5.10. The number of hydrogen-bond acceptors (Lipinski definition) is 0. The second-order valence-electron chi connectivity index (χ2n) is 5.16. The van der Waals surface area contributed by atoms with Crippen LogP contribution in [0.25, 0.3) is 33.0 Å². The minimum absolute atomic E-state index is 1.38. The number of aryl methyl sites for hydroxylation is 2. The first-order valence-electron chi connectivity index (χ1n) is 6.40. The van der Waals surface area contributed by atoms with Crippen LogP contribution in [0.2, 0.25) is 0 Å². The summed E-state index contributed by atoms with van der Waals surface area (Å²) in [6.45, 7) is 4.43. The van der Waals surface area contributed by atoms with Crippen LogP contribution < -0.4 is 0 Å². The summed E-state index contributed by atoms with van der Waals surface area (Å²) < 4.78 is 0. The zero-order valence-electron chi connectivity index (χ0n) is 10.6. The maximum atomic E-state index is 2.31. The highest BCUT2D eigenvalue weighted by Crippen LogP contribution is 2.48. The molecule has 3 aromatic rings. The molecule has 0 N–H and O–H groups in total. The molecule has 1 aliphatic carbocycles. The average Bonchev–Trinajstić information content (AvgIpc) is 2.72. The predicted molar refractivity (Wildman–Crippen MR) is 77.9 cm³/mol. The molecule has 0 aliphatic heterocycles. The first-order chi connectivity index (χ1) is 8.77. The Balaban J connectivity index is 2.33. The highest BCUT2D eigenvalue weighted by Gasteiger charge is 2.22. The molecule has 0 radical (unpaired) electrons. The van der Waals surface area contributed by atoms with E-state index in [9.17, 15) is 0 Å². The van der Waals surface area contributed by atoms with Gasteiger partial charge >= 0.3 is 0 Å².